The number of amides is 1. The standard InChI is InChI=1S/C14H20N2O3/c1-9(2)11(15)8-14(17)16-10-3-4-12-13(7-10)19-6-5-18-12/h3-4,7,9,11H,5-6,8,15H2,1-2H3,(H,16,17). The molecule has 3 N–H and O–H groups in total. The maximum absolute atomic E-state index is 11.8. The van der Waals surface area contributed by atoms with Gasteiger partial charge in [-0.1, -0.05) is 13.8 Å². The highest BCUT2D eigenvalue weighted by atomic mass is 16.6. The monoisotopic (exact) mass is 264 g/mol. The van der Waals surface area contributed by atoms with E-state index in [1.807, 2.05) is 13.8 Å². The van der Waals surface area contributed by atoms with Gasteiger partial charge in [0, 0.05) is 24.2 Å². The fraction of sp³-hybridized carbons (Fsp3) is 0.500. The first-order valence-corrected chi connectivity index (χ1v) is 6.51. The SMILES string of the molecule is CC(C)C(N)CC(=O)Nc1ccc2c(c1)OCCO2. The van der Waals surface area contributed by atoms with Gasteiger partial charge in [0.2, 0.25) is 5.91 Å². The van der Waals surface area contributed by atoms with Crippen LogP contribution in [0.2, 0.25) is 0 Å². The maximum Gasteiger partial charge on any atom is 0.225 e. The third kappa shape index (κ3) is 3.61. The molecule has 104 valence electrons. The number of rotatable bonds is 4. The lowest BCUT2D eigenvalue weighted by molar-refractivity contribution is -0.116. The minimum Gasteiger partial charge on any atom is -0.486 e. The minimum atomic E-state index is -0.128. The minimum absolute atomic E-state index is 0.0853. The van der Waals surface area contributed by atoms with Crippen LogP contribution < -0.4 is 20.5 Å². The summed E-state index contributed by atoms with van der Waals surface area (Å²) in [6.07, 6.45) is 0.312. The molecule has 0 saturated heterocycles. The smallest absolute Gasteiger partial charge is 0.225 e. The van der Waals surface area contributed by atoms with Crippen molar-refractivity contribution >= 4 is 11.6 Å². The highest BCUT2D eigenvalue weighted by Gasteiger charge is 2.15. The average molecular weight is 264 g/mol. The van der Waals surface area contributed by atoms with E-state index in [0.717, 1.165) is 0 Å². The summed E-state index contributed by atoms with van der Waals surface area (Å²) in [4.78, 5) is 11.8. The highest BCUT2D eigenvalue weighted by molar-refractivity contribution is 5.91. The molecule has 0 radical (unpaired) electrons. The van der Waals surface area contributed by atoms with Crippen LogP contribution in [0.25, 0.3) is 0 Å². The predicted octanol–water partition coefficient (Wildman–Crippen LogP) is 1.77. The Morgan fingerprint density at radius 1 is 1.32 bits per heavy atom. The molecule has 0 aliphatic carbocycles. The molecule has 1 aromatic carbocycles. The summed E-state index contributed by atoms with van der Waals surface area (Å²) in [6.45, 7) is 5.09. The van der Waals surface area contributed by atoms with Gasteiger partial charge in [-0.05, 0) is 18.1 Å². The van der Waals surface area contributed by atoms with Crippen molar-refractivity contribution in [2.75, 3.05) is 18.5 Å². The number of carbonyl (C=O) groups is 1. The molecule has 1 aliphatic rings. The van der Waals surface area contributed by atoms with Crippen LogP contribution in [0.5, 0.6) is 11.5 Å². The largest absolute Gasteiger partial charge is 0.486 e. The molecule has 1 aromatic rings. The Morgan fingerprint density at radius 2 is 2.00 bits per heavy atom. The molecule has 1 heterocycles. The van der Waals surface area contributed by atoms with Crippen LogP contribution in [-0.4, -0.2) is 25.2 Å². The van der Waals surface area contributed by atoms with Gasteiger partial charge in [0.05, 0.1) is 0 Å². The summed E-state index contributed by atoms with van der Waals surface area (Å²) >= 11 is 0. The van der Waals surface area contributed by atoms with Gasteiger partial charge < -0.3 is 20.5 Å². The Hall–Kier alpha value is -1.75. The fourth-order valence-electron chi connectivity index (χ4n) is 1.78. The van der Waals surface area contributed by atoms with Crippen molar-refractivity contribution in [3.8, 4) is 11.5 Å². The number of nitrogens with one attached hydrogen (secondary N) is 1. The quantitative estimate of drug-likeness (QED) is 0.869. The molecule has 5 nitrogen and oxygen atoms in total. The maximum atomic E-state index is 11.8. The van der Waals surface area contributed by atoms with E-state index in [-0.39, 0.29) is 17.9 Å². The summed E-state index contributed by atoms with van der Waals surface area (Å²) in [7, 11) is 0. The Labute approximate surface area is 113 Å². The van der Waals surface area contributed by atoms with Crippen molar-refractivity contribution in [2.24, 2.45) is 11.7 Å². The van der Waals surface area contributed by atoms with Crippen molar-refractivity contribution in [1.29, 1.82) is 0 Å². The molecule has 19 heavy (non-hydrogen) atoms. The molecule has 2 rings (SSSR count). The second kappa shape index (κ2) is 5.93. The molecule has 0 saturated carbocycles. The number of nitrogens with two attached hydrogens (primary N) is 1. The molecule has 1 unspecified atom stereocenters. The van der Waals surface area contributed by atoms with Crippen LogP contribution in [0.4, 0.5) is 5.69 Å². The second-order valence-electron chi connectivity index (χ2n) is 5.02. The van der Waals surface area contributed by atoms with Gasteiger partial charge in [0.25, 0.3) is 0 Å². The van der Waals surface area contributed by atoms with Gasteiger partial charge in [0.15, 0.2) is 11.5 Å². The lowest BCUT2D eigenvalue weighted by atomic mass is 10.0. The summed E-state index contributed by atoms with van der Waals surface area (Å²) < 4.78 is 10.9. The summed E-state index contributed by atoms with van der Waals surface area (Å²) in [5, 5.41) is 2.82. The number of ether oxygens (including phenoxy) is 2. The van der Waals surface area contributed by atoms with Crippen LogP contribution in [0, 0.1) is 5.92 Å². The second-order valence-corrected chi connectivity index (χ2v) is 5.02. The van der Waals surface area contributed by atoms with Crippen molar-refractivity contribution in [2.45, 2.75) is 26.3 Å². The first-order valence-electron chi connectivity index (χ1n) is 6.51. The third-order valence-corrected chi connectivity index (χ3v) is 3.10. The van der Waals surface area contributed by atoms with E-state index in [9.17, 15) is 4.79 Å². The van der Waals surface area contributed by atoms with Crippen molar-refractivity contribution in [3.63, 3.8) is 0 Å². The topological polar surface area (TPSA) is 73.6 Å². The van der Waals surface area contributed by atoms with E-state index in [1.165, 1.54) is 0 Å². The normalized spacial score (nSPS) is 15.2. The predicted molar refractivity (Wildman–Crippen MR) is 73.5 cm³/mol. The molecule has 0 bridgehead atoms. The van der Waals surface area contributed by atoms with Gasteiger partial charge in [0.1, 0.15) is 13.2 Å². The number of fused-ring (bicyclic) bond motifs is 1. The van der Waals surface area contributed by atoms with Crippen molar-refractivity contribution in [1.82, 2.24) is 0 Å². The third-order valence-electron chi connectivity index (χ3n) is 3.10. The zero-order valence-electron chi connectivity index (χ0n) is 11.3. The Balaban J connectivity index is 1.97. The summed E-state index contributed by atoms with van der Waals surface area (Å²) in [6, 6.07) is 5.24. The van der Waals surface area contributed by atoms with E-state index in [2.05, 4.69) is 5.32 Å². The van der Waals surface area contributed by atoms with E-state index in [4.69, 9.17) is 15.2 Å². The molecule has 0 spiro atoms. The van der Waals surface area contributed by atoms with Gasteiger partial charge in [-0.2, -0.15) is 0 Å². The Morgan fingerprint density at radius 3 is 2.68 bits per heavy atom. The van der Waals surface area contributed by atoms with E-state index < -0.39 is 0 Å². The van der Waals surface area contributed by atoms with E-state index in [0.29, 0.717) is 36.8 Å². The van der Waals surface area contributed by atoms with Crippen LogP contribution >= 0.6 is 0 Å². The first kappa shape index (κ1) is 13.7. The Kier molecular flexibility index (Phi) is 4.27. The van der Waals surface area contributed by atoms with E-state index in [1.54, 1.807) is 18.2 Å². The zero-order valence-corrected chi connectivity index (χ0v) is 11.3. The lowest BCUT2D eigenvalue weighted by Gasteiger charge is -2.19. The van der Waals surface area contributed by atoms with Gasteiger partial charge in [-0.15, -0.1) is 0 Å². The lowest BCUT2D eigenvalue weighted by Crippen LogP contribution is -2.31. The molecule has 1 atom stereocenters. The molecule has 5 heteroatoms. The van der Waals surface area contributed by atoms with Crippen LogP contribution in [0.15, 0.2) is 18.2 Å². The van der Waals surface area contributed by atoms with Gasteiger partial charge in [-0.3, -0.25) is 4.79 Å². The first-order chi connectivity index (χ1) is 9.06. The summed E-state index contributed by atoms with van der Waals surface area (Å²) in [5.74, 6) is 1.57. The van der Waals surface area contributed by atoms with Gasteiger partial charge in [-0.25, -0.2) is 0 Å². The molecule has 1 aliphatic heterocycles. The number of anilines is 1. The fourth-order valence-corrected chi connectivity index (χ4v) is 1.78. The molecular weight excluding hydrogens is 244 g/mol. The number of hydrogen-bond donors (Lipinski definition) is 2. The van der Waals surface area contributed by atoms with Crippen LogP contribution in [0.1, 0.15) is 20.3 Å². The average Bonchev–Trinajstić information content (AvgIpc) is 2.38. The summed E-state index contributed by atoms with van der Waals surface area (Å²) in [5.41, 5.74) is 6.58. The number of carbonyl (C=O) groups excluding carboxylic acids is 1. The molecule has 1 amide bonds. The van der Waals surface area contributed by atoms with Gasteiger partial charge >= 0.3 is 0 Å². The molecular formula is C14H20N2O3. The van der Waals surface area contributed by atoms with Crippen LogP contribution in [0.3, 0.4) is 0 Å². The molecule has 0 fully saturated rings. The Bertz CT molecular complexity index is 460. The van der Waals surface area contributed by atoms with Crippen LogP contribution in [-0.2, 0) is 4.79 Å². The van der Waals surface area contributed by atoms with Crippen molar-refractivity contribution in [3.05, 3.63) is 18.2 Å². The molecule has 0 aromatic heterocycles. The highest BCUT2D eigenvalue weighted by Crippen LogP contribution is 2.32. The zero-order chi connectivity index (χ0) is 13.8. The van der Waals surface area contributed by atoms with Crippen molar-refractivity contribution < 1.29 is 14.3 Å². The van der Waals surface area contributed by atoms with E-state index >= 15 is 0 Å². The number of benzene rings is 1. The number of hydrogen-bond acceptors (Lipinski definition) is 4.